The fourth-order valence-electron chi connectivity index (χ4n) is 4.98. The van der Waals surface area contributed by atoms with Gasteiger partial charge in [0.15, 0.2) is 0 Å². The summed E-state index contributed by atoms with van der Waals surface area (Å²) in [4.78, 5) is 0. The molecule has 4 aromatic rings. The van der Waals surface area contributed by atoms with E-state index in [-0.39, 0.29) is 5.41 Å². The zero-order valence-corrected chi connectivity index (χ0v) is 28.3. The van der Waals surface area contributed by atoms with E-state index >= 15 is 0 Å². The van der Waals surface area contributed by atoms with E-state index in [1.54, 1.807) is 36.4 Å². The minimum absolute atomic E-state index is 0.0131. The molecule has 0 saturated carbocycles. The molecule has 0 radical (unpaired) electrons. The second kappa shape index (κ2) is 16.1. The van der Waals surface area contributed by atoms with Crippen molar-refractivity contribution in [3.8, 4) is 11.5 Å². The average molecular weight is 685 g/mol. The number of phenolic OH excluding ortho intramolecular Hbond substituents is 2. The summed E-state index contributed by atoms with van der Waals surface area (Å²) in [6.45, 7) is 12.7. The molecule has 41 heavy (non-hydrogen) atoms. The minimum Gasteiger partial charge on any atom is -0.508 e. The Labute approximate surface area is 263 Å². The Morgan fingerprint density at radius 3 is 1.34 bits per heavy atom. The molecular weight excluding hydrogens is 640 g/mol. The van der Waals surface area contributed by atoms with Crippen molar-refractivity contribution in [2.24, 2.45) is 0 Å². The van der Waals surface area contributed by atoms with Crippen LogP contribution in [0.2, 0.25) is 0 Å². The van der Waals surface area contributed by atoms with Crippen molar-refractivity contribution in [3.05, 3.63) is 128 Å². The topological polar surface area (TPSA) is 60.7 Å². The van der Waals surface area contributed by atoms with Gasteiger partial charge in [-0.2, -0.15) is 0 Å². The molecular formula is C36H44Br2O3. The van der Waals surface area contributed by atoms with Crippen molar-refractivity contribution >= 4 is 31.9 Å². The maximum atomic E-state index is 10.3. The van der Waals surface area contributed by atoms with Crippen LogP contribution in [0, 0.1) is 13.8 Å². The molecule has 0 unspecified atom stereocenters. The molecule has 0 saturated heterocycles. The number of para-hydroxylation sites is 1. The number of aromatic hydroxyl groups is 2. The van der Waals surface area contributed by atoms with Gasteiger partial charge in [-0.05, 0) is 104 Å². The molecule has 0 amide bonds. The lowest BCUT2D eigenvalue weighted by molar-refractivity contribution is 0.0283. The molecule has 5 heteroatoms. The summed E-state index contributed by atoms with van der Waals surface area (Å²) in [6, 6.07) is 29.0. The Hall–Kier alpha value is -2.60. The Morgan fingerprint density at radius 2 is 0.951 bits per heavy atom. The highest BCUT2D eigenvalue weighted by molar-refractivity contribution is 9.10. The number of aryl methyl sites for hydroxylation is 2. The summed E-state index contributed by atoms with van der Waals surface area (Å²) >= 11 is 7.03. The van der Waals surface area contributed by atoms with Crippen molar-refractivity contribution in [3.63, 3.8) is 0 Å². The van der Waals surface area contributed by atoms with Crippen LogP contribution < -0.4 is 0 Å². The average Bonchev–Trinajstić information content (AvgIpc) is 2.98. The number of rotatable bonds is 7. The van der Waals surface area contributed by atoms with Gasteiger partial charge in [0.2, 0.25) is 0 Å². The Balaban J connectivity index is 0.000000241. The number of aliphatic hydroxyl groups is 1. The van der Waals surface area contributed by atoms with Gasteiger partial charge < -0.3 is 15.3 Å². The molecule has 3 nitrogen and oxygen atoms in total. The normalized spacial score (nSPS) is 11.1. The van der Waals surface area contributed by atoms with Crippen LogP contribution in [0.4, 0.5) is 0 Å². The van der Waals surface area contributed by atoms with E-state index in [1.807, 2.05) is 51.1 Å². The third-order valence-corrected chi connectivity index (χ3v) is 9.74. The van der Waals surface area contributed by atoms with Gasteiger partial charge >= 0.3 is 0 Å². The lowest BCUT2D eigenvalue weighted by Crippen LogP contribution is -2.26. The molecule has 4 rings (SSSR count). The summed E-state index contributed by atoms with van der Waals surface area (Å²) in [5.41, 5.74) is 5.40. The molecule has 0 fully saturated rings. The third-order valence-electron chi connectivity index (χ3n) is 7.96. The van der Waals surface area contributed by atoms with Crippen molar-refractivity contribution in [2.45, 2.75) is 78.2 Å². The van der Waals surface area contributed by atoms with Gasteiger partial charge in [0.05, 0.1) is 5.60 Å². The molecule has 3 N–H and O–H groups in total. The highest BCUT2D eigenvalue weighted by atomic mass is 79.9. The van der Waals surface area contributed by atoms with Crippen molar-refractivity contribution in [1.29, 1.82) is 0 Å². The minimum atomic E-state index is -0.661. The maximum Gasteiger partial charge on any atom is 0.115 e. The summed E-state index contributed by atoms with van der Waals surface area (Å²) in [7, 11) is 0. The van der Waals surface area contributed by atoms with Gasteiger partial charge in [-0.1, -0.05) is 114 Å². The van der Waals surface area contributed by atoms with Crippen LogP contribution in [-0.4, -0.2) is 15.3 Å². The number of benzene rings is 4. The van der Waals surface area contributed by atoms with Gasteiger partial charge in [0.1, 0.15) is 11.5 Å². The van der Waals surface area contributed by atoms with Crippen molar-refractivity contribution in [2.75, 3.05) is 0 Å². The van der Waals surface area contributed by atoms with Crippen LogP contribution in [-0.2, 0) is 11.0 Å². The van der Waals surface area contributed by atoms with E-state index in [2.05, 4.69) is 76.9 Å². The van der Waals surface area contributed by atoms with Gasteiger partial charge in [-0.3, -0.25) is 0 Å². The fraction of sp³-hybridized carbons (Fsp3) is 0.333. The van der Waals surface area contributed by atoms with E-state index in [4.69, 9.17) is 5.11 Å². The SMILES string of the molecule is CCC(CC)(c1ccc(O)cc1)c1ccc(Br)c(C)c1.CCC(O)(CC)c1ccc(Br)c(C)c1.Oc1ccccc1. The fourth-order valence-corrected chi connectivity index (χ4v) is 5.47. The van der Waals surface area contributed by atoms with E-state index in [1.165, 1.54) is 22.3 Å². The third kappa shape index (κ3) is 9.19. The van der Waals surface area contributed by atoms with Gasteiger partial charge in [-0.25, -0.2) is 0 Å². The summed E-state index contributed by atoms with van der Waals surface area (Å²) < 4.78 is 2.24. The van der Waals surface area contributed by atoms with Crippen molar-refractivity contribution < 1.29 is 15.3 Å². The molecule has 0 aromatic heterocycles. The molecule has 4 aromatic carbocycles. The highest BCUT2D eigenvalue weighted by Crippen LogP contribution is 2.40. The molecule has 0 heterocycles. The standard InChI is InChI=1S/C18H21BrO.C12H17BrO.C6H6O/c1-4-18(5-2,14-6-9-16(20)10-7-14)15-8-11-17(19)13(3)12-15;1-4-12(14,5-2)10-6-7-11(13)9(3)8-10;7-6-4-2-1-3-5-6/h6-12,20H,4-5H2,1-3H3;6-8,14H,4-5H2,1-3H3;1-5,7H. The first kappa shape index (κ1) is 34.6. The number of halogens is 2. The van der Waals surface area contributed by atoms with Crippen LogP contribution in [0.3, 0.4) is 0 Å². The summed E-state index contributed by atoms with van der Waals surface area (Å²) in [5.74, 6) is 0.643. The first-order valence-electron chi connectivity index (χ1n) is 14.2. The molecule has 0 atom stereocenters. The molecule has 0 bridgehead atoms. The highest BCUT2D eigenvalue weighted by Gasteiger charge is 2.30. The largest absolute Gasteiger partial charge is 0.508 e. The first-order chi connectivity index (χ1) is 19.5. The van der Waals surface area contributed by atoms with Gasteiger partial charge in [-0.15, -0.1) is 0 Å². The van der Waals surface area contributed by atoms with E-state index < -0.39 is 5.60 Å². The van der Waals surface area contributed by atoms with E-state index in [0.29, 0.717) is 11.5 Å². The zero-order chi connectivity index (χ0) is 30.6. The predicted molar refractivity (Wildman–Crippen MR) is 180 cm³/mol. The smallest absolute Gasteiger partial charge is 0.115 e. The van der Waals surface area contributed by atoms with Gasteiger partial charge in [0, 0.05) is 14.4 Å². The van der Waals surface area contributed by atoms with Gasteiger partial charge in [0.25, 0.3) is 0 Å². The van der Waals surface area contributed by atoms with Crippen molar-refractivity contribution in [1.82, 2.24) is 0 Å². The lowest BCUT2D eigenvalue weighted by Gasteiger charge is -2.33. The Kier molecular flexibility index (Phi) is 13.6. The lowest BCUT2D eigenvalue weighted by atomic mass is 9.70. The molecule has 0 aliphatic heterocycles. The first-order valence-corrected chi connectivity index (χ1v) is 15.8. The molecule has 0 aliphatic rings. The van der Waals surface area contributed by atoms with Crippen LogP contribution >= 0.6 is 31.9 Å². The summed E-state index contributed by atoms with van der Waals surface area (Å²) in [5, 5.41) is 28.4. The second-order valence-corrected chi connectivity index (χ2v) is 12.0. The summed E-state index contributed by atoms with van der Waals surface area (Å²) in [6.07, 6.45) is 3.58. The Morgan fingerprint density at radius 1 is 0.537 bits per heavy atom. The molecule has 220 valence electrons. The number of hydrogen-bond acceptors (Lipinski definition) is 3. The van der Waals surface area contributed by atoms with Crippen LogP contribution in [0.1, 0.15) is 81.2 Å². The molecule has 0 spiro atoms. The monoisotopic (exact) mass is 682 g/mol. The second-order valence-electron chi connectivity index (χ2n) is 10.3. The van der Waals surface area contributed by atoms with Crippen LogP contribution in [0.5, 0.6) is 11.5 Å². The van der Waals surface area contributed by atoms with E-state index in [0.717, 1.165) is 40.2 Å². The van der Waals surface area contributed by atoms with Crippen LogP contribution in [0.25, 0.3) is 0 Å². The molecule has 0 aliphatic carbocycles. The quantitative estimate of drug-likeness (QED) is 0.182. The van der Waals surface area contributed by atoms with Crippen LogP contribution in [0.15, 0.2) is 99.9 Å². The number of phenols is 2. The predicted octanol–water partition coefficient (Wildman–Crippen LogP) is 10.7. The number of hydrogen-bond donors (Lipinski definition) is 3. The Bertz CT molecular complexity index is 1340. The zero-order valence-electron chi connectivity index (χ0n) is 25.1. The van der Waals surface area contributed by atoms with E-state index in [9.17, 15) is 10.2 Å². The maximum absolute atomic E-state index is 10.3.